The number of nitrogens with one attached hydrogen (secondary N) is 2. The number of amides is 2. The fourth-order valence-electron chi connectivity index (χ4n) is 6.82. The van der Waals surface area contributed by atoms with Gasteiger partial charge in [0, 0.05) is 51.7 Å². The molecule has 0 aliphatic carbocycles. The molecule has 0 spiro atoms. The van der Waals surface area contributed by atoms with Crippen LogP contribution in [-0.2, 0) is 40.5 Å². The number of phenols is 2. The number of carbonyl (C=O) groups excluding carboxylic acids is 1. The summed E-state index contributed by atoms with van der Waals surface area (Å²) in [5, 5.41) is 45.0. The summed E-state index contributed by atoms with van der Waals surface area (Å²) in [7, 11) is -19.0. The molecule has 337 valence electrons. The minimum absolute atomic E-state index is 0. The number of azo groups is 2. The van der Waals surface area contributed by atoms with Crippen LogP contribution >= 0.6 is 0 Å². The van der Waals surface area contributed by atoms with Gasteiger partial charge in [0.25, 0.3) is 40.5 Å². The standard InChI is InChI=1S/C41H28N6O15S4.Na/c48-39-33-11-7-27(15-25(33)19-35(65(57,58)59)37(39)46-44-29-5-1-23-17-31(63(51,52)53)9-3-21(23)13-29)42-41(50)43-28-8-12-34-26(16-28)20-36(66(60,61)62)38(40(34)49)47-45-30-6-2-24-18-32(64(54,55)56)10-4-22(24)14-30;/h1-20,48-49H,(H2,42,43,50)(H,51,52,53)(H,54,55,56)(H,57,58,59)(H,60,61,62);. The van der Waals surface area contributed by atoms with Crippen LogP contribution in [0.15, 0.2) is 161 Å². The van der Waals surface area contributed by atoms with Crippen molar-refractivity contribution in [3.8, 4) is 11.5 Å². The molecule has 8 aromatic carbocycles. The van der Waals surface area contributed by atoms with Crippen molar-refractivity contribution in [3.63, 3.8) is 0 Å². The van der Waals surface area contributed by atoms with E-state index in [1.165, 1.54) is 97.1 Å². The van der Waals surface area contributed by atoms with Crippen LogP contribution in [0.4, 0.5) is 38.9 Å². The average Bonchev–Trinajstić information content (AvgIpc) is 3.23. The van der Waals surface area contributed by atoms with Crippen molar-refractivity contribution in [1.29, 1.82) is 0 Å². The molecule has 8 rings (SSSR count). The number of fused-ring (bicyclic) bond motifs is 4. The van der Waals surface area contributed by atoms with Gasteiger partial charge >= 0.3 is 6.03 Å². The first-order chi connectivity index (χ1) is 30.9. The number of hydrogen-bond acceptors (Lipinski definition) is 15. The van der Waals surface area contributed by atoms with Gasteiger partial charge in [0.2, 0.25) is 0 Å². The first-order valence-corrected chi connectivity index (χ1v) is 24.2. The summed E-state index contributed by atoms with van der Waals surface area (Å²) in [5.41, 5.74) is -0.812. The molecule has 0 aliphatic heterocycles. The molecule has 8 aromatic rings. The van der Waals surface area contributed by atoms with Crippen molar-refractivity contribution in [2.75, 3.05) is 10.6 Å². The zero-order valence-corrected chi connectivity index (χ0v) is 39.1. The maximum Gasteiger partial charge on any atom is 0.323 e. The van der Waals surface area contributed by atoms with Crippen LogP contribution in [-0.4, -0.2) is 97.7 Å². The second kappa shape index (κ2) is 18.0. The Labute approximate surface area is 400 Å². The predicted octanol–water partition coefficient (Wildman–Crippen LogP) is 8.79. The Morgan fingerprint density at radius 2 is 0.761 bits per heavy atom. The Balaban J connectivity index is 0.00000666. The van der Waals surface area contributed by atoms with E-state index in [9.17, 15) is 66.9 Å². The summed E-state index contributed by atoms with van der Waals surface area (Å²) in [5.74, 6) is -1.39. The first-order valence-electron chi connectivity index (χ1n) is 18.4. The van der Waals surface area contributed by atoms with E-state index in [0.717, 1.165) is 24.3 Å². The quantitative estimate of drug-likeness (QED) is 0.0360. The zero-order chi connectivity index (χ0) is 47.5. The molecule has 0 aromatic heterocycles. The number of hydrogen-bond donors (Lipinski definition) is 8. The van der Waals surface area contributed by atoms with Crippen LogP contribution in [0.1, 0.15) is 0 Å². The van der Waals surface area contributed by atoms with Gasteiger partial charge in [0.1, 0.15) is 21.2 Å². The molecule has 67 heavy (non-hydrogen) atoms. The molecule has 0 unspecified atom stereocenters. The van der Waals surface area contributed by atoms with Gasteiger partial charge in [0.15, 0.2) is 11.5 Å². The Morgan fingerprint density at radius 3 is 1.12 bits per heavy atom. The predicted molar refractivity (Wildman–Crippen MR) is 245 cm³/mol. The summed E-state index contributed by atoms with van der Waals surface area (Å²) in [6.07, 6.45) is 0. The van der Waals surface area contributed by atoms with E-state index in [1.54, 1.807) is 0 Å². The molecule has 0 bridgehead atoms. The number of phenolic OH excluding ortho intramolecular Hbond substituents is 2. The molecular formula is C41H28N6NaO15S4. The molecule has 0 saturated heterocycles. The van der Waals surface area contributed by atoms with E-state index in [-0.39, 0.29) is 83.6 Å². The van der Waals surface area contributed by atoms with Crippen LogP contribution in [0, 0.1) is 0 Å². The number of nitrogens with zero attached hydrogens (tertiary/aromatic N) is 4. The molecule has 0 heterocycles. The van der Waals surface area contributed by atoms with Gasteiger partial charge in [0.05, 0.1) is 21.2 Å². The maximum atomic E-state index is 13.1. The summed E-state index contributed by atoms with van der Waals surface area (Å²) < 4.78 is 135. The third-order valence-electron chi connectivity index (χ3n) is 9.89. The van der Waals surface area contributed by atoms with E-state index in [4.69, 9.17) is 0 Å². The first kappa shape index (κ1) is 48.4. The van der Waals surface area contributed by atoms with Crippen LogP contribution in [0.25, 0.3) is 43.1 Å². The number of benzene rings is 8. The van der Waals surface area contributed by atoms with Crippen LogP contribution in [0.2, 0.25) is 0 Å². The molecule has 0 atom stereocenters. The molecular weight excluding hydrogens is 968 g/mol. The van der Waals surface area contributed by atoms with Gasteiger partial charge in [-0.25, -0.2) is 4.79 Å². The van der Waals surface area contributed by atoms with Gasteiger partial charge in [-0.3, -0.25) is 18.2 Å². The Bertz CT molecular complexity index is 3690. The third kappa shape index (κ3) is 10.4. The van der Waals surface area contributed by atoms with Crippen LogP contribution in [0.5, 0.6) is 11.5 Å². The van der Waals surface area contributed by atoms with E-state index in [2.05, 4.69) is 31.1 Å². The van der Waals surface area contributed by atoms with E-state index in [0.29, 0.717) is 21.5 Å². The smallest absolute Gasteiger partial charge is 0.323 e. The van der Waals surface area contributed by atoms with E-state index in [1.807, 2.05) is 0 Å². The third-order valence-corrected chi connectivity index (χ3v) is 13.3. The number of carbonyl (C=O) groups is 1. The van der Waals surface area contributed by atoms with Crippen molar-refractivity contribution >= 4 is 153 Å². The van der Waals surface area contributed by atoms with Crippen molar-refractivity contribution < 1.29 is 66.9 Å². The van der Waals surface area contributed by atoms with Gasteiger partial charge in [-0.2, -0.15) is 43.9 Å². The average molecular weight is 996 g/mol. The Hall–Kier alpha value is -6.49. The number of rotatable bonds is 10. The van der Waals surface area contributed by atoms with E-state index < -0.39 is 79.2 Å². The monoisotopic (exact) mass is 995 g/mol. The SMILES string of the molecule is O=C(Nc1ccc2c(O)c(N=Nc3ccc4cc(S(=O)(=O)O)ccc4c3)c(S(=O)(=O)O)cc2c1)Nc1ccc2c(O)c(N=Nc3ccc4cc(S(=O)(=O)O)ccc4c3)c(S(=O)(=O)O)cc2c1.[Na]. The molecule has 1 radical (unpaired) electrons. The topological polar surface area (TPSA) is 349 Å². The van der Waals surface area contributed by atoms with Crippen molar-refractivity contribution in [2.45, 2.75) is 19.6 Å². The molecule has 0 saturated carbocycles. The Kier molecular flexibility index (Phi) is 13.0. The summed E-state index contributed by atoms with van der Waals surface area (Å²) in [6.45, 7) is 0. The van der Waals surface area contributed by atoms with Gasteiger partial charge in [-0.1, -0.05) is 24.3 Å². The number of anilines is 2. The molecule has 0 fully saturated rings. The summed E-state index contributed by atoms with van der Waals surface area (Å²) in [6, 6.07) is 25.3. The van der Waals surface area contributed by atoms with E-state index >= 15 is 0 Å². The van der Waals surface area contributed by atoms with Crippen molar-refractivity contribution in [2.24, 2.45) is 20.5 Å². The fourth-order valence-corrected chi connectivity index (χ4v) is 9.17. The minimum Gasteiger partial charge on any atom is -0.505 e. The van der Waals surface area contributed by atoms with Crippen LogP contribution < -0.4 is 10.6 Å². The minimum atomic E-state index is -5.04. The molecule has 26 heteroatoms. The van der Waals surface area contributed by atoms with Crippen molar-refractivity contribution in [1.82, 2.24) is 0 Å². The van der Waals surface area contributed by atoms with Crippen LogP contribution in [0.3, 0.4) is 0 Å². The second-order valence-corrected chi connectivity index (χ2v) is 19.9. The normalized spacial score (nSPS) is 12.6. The maximum absolute atomic E-state index is 13.1. The van der Waals surface area contributed by atoms with Gasteiger partial charge in [-0.15, -0.1) is 10.2 Å². The Morgan fingerprint density at radius 1 is 0.403 bits per heavy atom. The molecule has 2 amide bonds. The van der Waals surface area contributed by atoms with Crippen molar-refractivity contribution in [3.05, 3.63) is 121 Å². The largest absolute Gasteiger partial charge is 0.505 e. The number of urea groups is 1. The van der Waals surface area contributed by atoms with Gasteiger partial charge < -0.3 is 20.8 Å². The van der Waals surface area contributed by atoms with Gasteiger partial charge in [-0.05, 0) is 129 Å². The fraction of sp³-hybridized carbons (Fsp3) is 0. The molecule has 0 aliphatic rings. The summed E-state index contributed by atoms with van der Waals surface area (Å²) in [4.78, 5) is 10.8. The zero-order valence-electron chi connectivity index (χ0n) is 33.8. The molecule has 21 nitrogen and oxygen atoms in total. The second-order valence-electron chi connectivity index (χ2n) is 14.3. The number of aromatic hydroxyl groups is 2. The molecule has 8 N–H and O–H groups in total. The summed E-state index contributed by atoms with van der Waals surface area (Å²) >= 11 is 0.